The SMILES string of the molecule is CCCS(=O)(=O)CCCC#N. The molecule has 0 aromatic heterocycles. The van der Waals surface area contributed by atoms with Crippen LogP contribution >= 0.6 is 0 Å². The minimum atomic E-state index is -2.86. The highest BCUT2D eigenvalue weighted by molar-refractivity contribution is 7.91. The van der Waals surface area contributed by atoms with E-state index in [2.05, 4.69) is 0 Å². The summed E-state index contributed by atoms with van der Waals surface area (Å²) < 4.78 is 22.0. The van der Waals surface area contributed by atoms with Crippen LogP contribution in [-0.4, -0.2) is 19.9 Å². The summed E-state index contributed by atoms with van der Waals surface area (Å²) in [6, 6.07) is 1.92. The van der Waals surface area contributed by atoms with Gasteiger partial charge in [0.15, 0.2) is 0 Å². The summed E-state index contributed by atoms with van der Waals surface area (Å²) in [4.78, 5) is 0. The van der Waals surface area contributed by atoms with E-state index in [-0.39, 0.29) is 11.5 Å². The lowest BCUT2D eigenvalue weighted by Gasteiger charge is -1.98. The molecule has 3 nitrogen and oxygen atoms in total. The Kier molecular flexibility index (Phi) is 4.88. The molecule has 0 bridgehead atoms. The van der Waals surface area contributed by atoms with E-state index in [9.17, 15) is 8.42 Å². The van der Waals surface area contributed by atoms with E-state index in [4.69, 9.17) is 5.26 Å². The van der Waals surface area contributed by atoms with Gasteiger partial charge in [0.25, 0.3) is 0 Å². The third kappa shape index (κ3) is 5.86. The zero-order valence-corrected chi connectivity index (χ0v) is 7.52. The molecule has 0 saturated carbocycles. The minimum absolute atomic E-state index is 0.161. The standard InChI is InChI=1S/C7H13NO2S/c1-2-6-11(9,10)7-4-3-5-8/h2-4,6-7H2,1H3. The number of sulfone groups is 1. The second kappa shape index (κ2) is 5.14. The fraction of sp³-hybridized carbons (Fsp3) is 0.857. The molecule has 64 valence electrons. The molecule has 0 unspecified atom stereocenters. The van der Waals surface area contributed by atoms with Gasteiger partial charge in [-0.25, -0.2) is 8.42 Å². The molecular formula is C7H13NO2S. The lowest BCUT2D eigenvalue weighted by atomic mass is 10.4. The second-order valence-corrected chi connectivity index (χ2v) is 4.72. The monoisotopic (exact) mass is 175 g/mol. The summed E-state index contributed by atoms with van der Waals surface area (Å²) in [6.07, 6.45) is 1.47. The van der Waals surface area contributed by atoms with Gasteiger partial charge in [-0.3, -0.25) is 0 Å². The quantitative estimate of drug-likeness (QED) is 0.588. The molecule has 0 aliphatic rings. The highest BCUT2D eigenvalue weighted by atomic mass is 32.2. The summed E-state index contributed by atoms with van der Waals surface area (Å²) in [5, 5.41) is 8.15. The molecule has 0 atom stereocenters. The Bertz CT molecular complexity index is 225. The zero-order chi connectivity index (χ0) is 8.74. The molecule has 0 aromatic carbocycles. The zero-order valence-electron chi connectivity index (χ0n) is 6.71. The van der Waals surface area contributed by atoms with Crippen molar-refractivity contribution in [3.05, 3.63) is 0 Å². The van der Waals surface area contributed by atoms with Gasteiger partial charge in [0.2, 0.25) is 0 Å². The predicted octanol–water partition coefficient (Wildman–Crippen LogP) is 1.11. The fourth-order valence-corrected chi connectivity index (χ4v) is 2.19. The molecule has 0 fully saturated rings. The third-order valence-corrected chi connectivity index (χ3v) is 3.20. The lowest BCUT2D eigenvalue weighted by molar-refractivity contribution is 0.592. The van der Waals surface area contributed by atoms with E-state index >= 15 is 0 Å². The molecule has 11 heavy (non-hydrogen) atoms. The number of hydrogen-bond acceptors (Lipinski definition) is 3. The first-order valence-corrected chi connectivity index (χ1v) is 5.52. The Labute approximate surface area is 67.9 Å². The predicted molar refractivity (Wildman–Crippen MR) is 43.8 cm³/mol. The number of hydrogen-bond donors (Lipinski definition) is 0. The average molecular weight is 175 g/mol. The van der Waals surface area contributed by atoms with Crippen LogP contribution in [0.3, 0.4) is 0 Å². The van der Waals surface area contributed by atoms with E-state index < -0.39 is 9.84 Å². The van der Waals surface area contributed by atoms with Crippen LogP contribution in [-0.2, 0) is 9.84 Å². The number of rotatable bonds is 5. The van der Waals surface area contributed by atoms with E-state index in [1.807, 2.05) is 13.0 Å². The first kappa shape index (κ1) is 10.4. The maximum Gasteiger partial charge on any atom is 0.150 e. The minimum Gasteiger partial charge on any atom is -0.229 e. The summed E-state index contributed by atoms with van der Waals surface area (Å²) in [5.74, 6) is 0.410. The van der Waals surface area contributed by atoms with Crippen LogP contribution in [0.15, 0.2) is 0 Å². The molecule has 0 radical (unpaired) electrons. The molecular weight excluding hydrogens is 162 g/mol. The number of unbranched alkanes of at least 4 members (excludes halogenated alkanes) is 1. The fourth-order valence-electron chi connectivity index (χ4n) is 0.784. The lowest BCUT2D eigenvalue weighted by Crippen LogP contribution is -2.09. The smallest absolute Gasteiger partial charge is 0.150 e. The molecule has 0 N–H and O–H groups in total. The van der Waals surface area contributed by atoms with Crippen molar-refractivity contribution in [3.8, 4) is 6.07 Å². The van der Waals surface area contributed by atoms with E-state index in [0.29, 0.717) is 19.3 Å². The van der Waals surface area contributed by atoms with Gasteiger partial charge in [0, 0.05) is 12.2 Å². The van der Waals surface area contributed by atoms with Crippen molar-refractivity contribution in [1.82, 2.24) is 0 Å². The second-order valence-electron chi connectivity index (χ2n) is 2.41. The maximum absolute atomic E-state index is 11.0. The molecule has 0 aromatic rings. The Morgan fingerprint density at radius 2 is 2.00 bits per heavy atom. The molecule has 0 spiro atoms. The molecule has 0 aliphatic carbocycles. The van der Waals surface area contributed by atoms with Crippen molar-refractivity contribution in [2.24, 2.45) is 0 Å². The average Bonchev–Trinajstić information content (AvgIpc) is 1.87. The molecule has 0 saturated heterocycles. The van der Waals surface area contributed by atoms with Crippen molar-refractivity contribution in [1.29, 1.82) is 5.26 Å². The van der Waals surface area contributed by atoms with Crippen LogP contribution in [0.4, 0.5) is 0 Å². The molecule has 0 aliphatic heterocycles. The van der Waals surface area contributed by atoms with Crippen LogP contribution < -0.4 is 0 Å². The van der Waals surface area contributed by atoms with Gasteiger partial charge in [0.1, 0.15) is 9.84 Å². The van der Waals surface area contributed by atoms with Crippen LogP contribution in [0.1, 0.15) is 26.2 Å². The van der Waals surface area contributed by atoms with Crippen molar-refractivity contribution in [2.75, 3.05) is 11.5 Å². The molecule has 4 heteroatoms. The van der Waals surface area contributed by atoms with E-state index in [0.717, 1.165) is 0 Å². The Morgan fingerprint density at radius 1 is 1.36 bits per heavy atom. The van der Waals surface area contributed by atoms with Crippen LogP contribution in [0.2, 0.25) is 0 Å². The molecule has 0 heterocycles. The highest BCUT2D eigenvalue weighted by Crippen LogP contribution is 1.98. The van der Waals surface area contributed by atoms with Crippen molar-refractivity contribution < 1.29 is 8.42 Å². The van der Waals surface area contributed by atoms with Crippen molar-refractivity contribution in [2.45, 2.75) is 26.2 Å². The summed E-state index contributed by atoms with van der Waals surface area (Å²) in [5.41, 5.74) is 0. The summed E-state index contributed by atoms with van der Waals surface area (Å²) >= 11 is 0. The van der Waals surface area contributed by atoms with Gasteiger partial charge < -0.3 is 0 Å². The highest BCUT2D eigenvalue weighted by Gasteiger charge is 2.07. The Balaban J connectivity index is 3.67. The van der Waals surface area contributed by atoms with Gasteiger partial charge in [-0.2, -0.15) is 5.26 Å². The van der Waals surface area contributed by atoms with Crippen molar-refractivity contribution in [3.63, 3.8) is 0 Å². The Hall–Kier alpha value is -0.560. The molecule has 0 amide bonds. The first-order chi connectivity index (χ1) is 5.12. The summed E-state index contributed by atoms with van der Waals surface area (Å²) in [7, 11) is -2.86. The van der Waals surface area contributed by atoms with Crippen molar-refractivity contribution >= 4 is 9.84 Å². The van der Waals surface area contributed by atoms with Gasteiger partial charge in [-0.1, -0.05) is 6.92 Å². The third-order valence-electron chi connectivity index (χ3n) is 1.26. The number of nitriles is 1. The maximum atomic E-state index is 11.0. The van der Waals surface area contributed by atoms with Gasteiger partial charge in [0.05, 0.1) is 11.8 Å². The van der Waals surface area contributed by atoms with E-state index in [1.165, 1.54) is 0 Å². The summed E-state index contributed by atoms with van der Waals surface area (Å²) in [6.45, 7) is 1.84. The first-order valence-electron chi connectivity index (χ1n) is 3.69. The van der Waals surface area contributed by atoms with Gasteiger partial charge in [-0.15, -0.1) is 0 Å². The van der Waals surface area contributed by atoms with Gasteiger partial charge >= 0.3 is 0 Å². The largest absolute Gasteiger partial charge is 0.229 e. The van der Waals surface area contributed by atoms with Crippen LogP contribution in [0, 0.1) is 11.3 Å². The normalized spacial score (nSPS) is 10.9. The van der Waals surface area contributed by atoms with Crippen LogP contribution in [0.25, 0.3) is 0 Å². The van der Waals surface area contributed by atoms with Gasteiger partial charge in [-0.05, 0) is 12.8 Å². The van der Waals surface area contributed by atoms with Crippen LogP contribution in [0.5, 0.6) is 0 Å². The number of nitrogens with zero attached hydrogens (tertiary/aromatic N) is 1. The molecule has 0 rings (SSSR count). The Morgan fingerprint density at radius 3 is 2.45 bits per heavy atom. The topological polar surface area (TPSA) is 57.9 Å². The van der Waals surface area contributed by atoms with E-state index in [1.54, 1.807) is 0 Å².